The van der Waals surface area contributed by atoms with Crippen LogP contribution in [0.1, 0.15) is 5.56 Å². The highest BCUT2D eigenvalue weighted by atomic mass is 16.5. The number of nitrogens with one attached hydrogen (secondary N) is 1. The molecule has 1 amide bonds. The fourth-order valence-corrected chi connectivity index (χ4v) is 1.71. The highest BCUT2D eigenvalue weighted by Crippen LogP contribution is 2.38. The second kappa shape index (κ2) is 8.91. The van der Waals surface area contributed by atoms with Crippen LogP contribution >= 0.6 is 0 Å². The van der Waals surface area contributed by atoms with Crippen LogP contribution in [-0.4, -0.2) is 56.7 Å². The average Bonchev–Trinajstić information content (AvgIpc) is 2.56. The maximum absolute atomic E-state index is 11.6. The zero-order valence-corrected chi connectivity index (χ0v) is 12.8. The van der Waals surface area contributed by atoms with Crippen molar-refractivity contribution in [1.82, 2.24) is 5.32 Å². The molecule has 1 unspecified atom stereocenters. The Kier molecular flexibility index (Phi) is 7.21. The summed E-state index contributed by atoms with van der Waals surface area (Å²) in [6.07, 6.45) is 1.91. The number of aliphatic hydroxyl groups is 2. The number of amides is 1. The van der Waals surface area contributed by atoms with E-state index < -0.39 is 12.7 Å². The first kappa shape index (κ1) is 17.8. The lowest BCUT2D eigenvalue weighted by atomic mass is 10.1. The number of carbonyl (C=O) groups excluding carboxylic acids is 1. The molecule has 22 heavy (non-hydrogen) atoms. The van der Waals surface area contributed by atoms with E-state index in [1.807, 2.05) is 0 Å². The molecule has 0 radical (unpaired) electrons. The Balaban J connectivity index is 2.84. The Morgan fingerprint density at radius 2 is 1.82 bits per heavy atom. The minimum Gasteiger partial charge on any atom is -0.493 e. The molecule has 7 heteroatoms. The summed E-state index contributed by atoms with van der Waals surface area (Å²) in [7, 11) is 4.53. The number of rotatable bonds is 8. The van der Waals surface area contributed by atoms with Crippen molar-refractivity contribution in [3.05, 3.63) is 23.8 Å². The molecule has 0 aromatic heterocycles. The topological polar surface area (TPSA) is 97.3 Å². The van der Waals surface area contributed by atoms with E-state index in [-0.39, 0.29) is 12.5 Å². The summed E-state index contributed by atoms with van der Waals surface area (Å²) in [4.78, 5) is 11.6. The molecule has 0 spiro atoms. The maximum atomic E-state index is 11.6. The maximum Gasteiger partial charge on any atom is 0.244 e. The predicted molar refractivity (Wildman–Crippen MR) is 81.2 cm³/mol. The molecule has 122 valence electrons. The second-order valence-corrected chi connectivity index (χ2v) is 4.37. The summed E-state index contributed by atoms with van der Waals surface area (Å²) in [5, 5.41) is 20.3. The summed E-state index contributed by atoms with van der Waals surface area (Å²) < 4.78 is 15.7. The third kappa shape index (κ3) is 4.94. The molecule has 3 N–H and O–H groups in total. The third-order valence-corrected chi connectivity index (χ3v) is 2.84. The molecule has 0 heterocycles. The van der Waals surface area contributed by atoms with Crippen molar-refractivity contribution < 1.29 is 29.2 Å². The normalized spacial score (nSPS) is 12.0. The van der Waals surface area contributed by atoms with Crippen molar-refractivity contribution in [3.8, 4) is 17.2 Å². The van der Waals surface area contributed by atoms with Crippen molar-refractivity contribution in [2.75, 3.05) is 34.5 Å². The lowest BCUT2D eigenvalue weighted by Gasteiger charge is -2.12. The van der Waals surface area contributed by atoms with E-state index in [1.165, 1.54) is 27.4 Å². The first-order chi connectivity index (χ1) is 10.5. The molecular weight excluding hydrogens is 290 g/mol. The molecule has 7 nitrogen and oxygen atoms in total. The number of aliphatic hydroxyl groups excluding tert-OH is 2. The van der Waals surface area contributed by atoms with E-state index in [9.17, 15) is 4.79 Å². The van der Waals surface area contributed by atoms with Crippen LogP contribution in [0.4, 0.5) is 0 Å². The minimum absolute atomic E-state index is 0.0189. The van der Waals surface area contributed by atoms with Gasteiger partial charge in [-0.15, -0.1) is 0 Å². The first-order valence-electron chi connectivity index (χ1n) is 6.60. The van der Waals surface area contributed by atoms with Gasteiger partial charge in [-0.25, -0.2) is 0 Å². The van der Waals surface area contributed by atoms with Gasteiger partial charge in [0.05, 0.1) is 34.0 Å². The molecule has 0 aliphatic heterocycles. The summed E-state index contributed by atoms with van der Waals surface area (Å²) >= 11 is 0. The highest BCUT2D eigenvalue weighted by molar-refractivity contribution is 5.91. The average molecular weight is 311 g/mol. The molecule has 1 aromatic rings. The van der Waals surface area contributed by atoms with Crippen LogP contribution in [0.15, 0.2) is 18.2 Å². The molecule has 1 aromatic carbocycles. The molecule has 0 aliphatic rings. The summed E-state index contributed by atoms with van der Waals surface area (Å²) in [5.74, 6) is 1.05. The van der Waals surface area contributed by atoms with Crippen LogP contribution in [0.3, 0.4) is 0 Å². The minimum atomic E-state index is -0.974. The van der Waals surface area contributed by atoms with Crippen molar-refractivity contribution in [2.45, 2.75) is 6.10 Å². The quantitative estimate of drug-likeness (QED) is 0.593. The fraction of sp³-hybridized carbons (Fsp3) is 0.400. The number of methoxy groups -OCH3 is 3. The Bertz CT molecular complexity index is 504. The number of hydrogen-bond acceptors (Lipinski definition) is 6. The van der Waals surface area contributed by atoms with E-state index in [0.29, 0.717) is 22.8 Å². The Hall–Kier alpha value is -2.25. The lowest BCUT2D eigenvalue weighted by molar-refractivity contribution is -0.117. The number of benzene rings is 1. The van der Waals surface area contributed by atoms with Crippen molar-refractivity contribution >= 4 is 12.0 Å². The van der Waals surface area contributed by atoms with Gasteiger partial charge in [0.15, 0.2) is 11.5 Å². The van der Waals surface area contributed by atoms with Gasteiger partial charge in [-0.2, -0.15) is 0 Å². The van der Waals surface area contributed by atoms with Gasteiger partial charge in [0.2, 0.25) is 11.7 Å². The van der Waals surface area contributed by atoms with E-state index in [1.54, 1.807) is 18.2 Å². The van der Waals surface area contributed by atoms with E-state index >= 15 is 0 Å². The molecule has 0 fully saturated rings. The molecule has 0 saturated carbocycles. The van der Waals surface area contributed by atoms with E-state index in [2.05, 4.69) is 5.32 Å². The SMILES string of the molecule is COc1cc(C=CC(=O)NCC(O)CO)cc(OC)c1OC. The van der Waals surface area contributed by atoms with Crippen LogP contribution in [-0.2, 0) is 4.79 Å². The summed E-state index contributed by atoms with van der Waals surface area (Å²) in [6.45, 7) is -0.425. The Morgan fingerprint density at radius 1 is 1.23 bits per heavy atom. The van der Waals surface area contributed by atoms with Gasteiger partial charge in [-0.05, 0) is 23.8 Å². The molecule has 0 bridgehead atoms. The second-order valence-electron chi connectivity index (χ2n) is 4.37. The standard InChI is InChI=1S/C15H21NO6/c1-20-12-6-10(7-13(21-2)15(12)22-3)4-5-14(19)16-8-11(18)9-17/h4-7,11,17-18H,8-9H2,1-3H3,(H,16,19). The van der Waals surface area contributed by atoms with Crippen LogP contribution in [0.25, 0.3) is 6.08 Å². The Labute approximate surface area is 129 Å². The molecule has 1 rings (SSSR count). The highest BCUT2D eigenvalue weighted by Gasteiger charge is 2.12. The summed E-state index contributed by atoms with van der Waals surface area (Å²) in [5.41, 5.74) is 0.687. The van der Waals surface area contributed by atoms with Gasteiger partial charge in [-0.3, -0.25) is 4.79 Å². The fourth-order valence-electron chi connectivity index (χ4n) is 1.71. The van der Waals surface area contributed by atoms with Gasteiger partial charge in [0.25, 0.3) is 0 Å². The first-order valence-corrected chi connectivity index (χ1v) is 6.60. The van der Waals surface area contributed by atoms with Crippen molar-refractivity contribution in [2.24, 2.45) is 0 Å². The van der Waals surface area contributed by atoms with E-state index in [4.69, 9.17) is 24.4 Å². The van der Waals surface area contributed by atoms with E-state index in [0.717, 1.165) is 0 Å². The van der Waals surface area contributed by atoms with Crippen LogP contribution in [0.2, 0.25) is 0 Å². The van der Waals surface area contributed by atoms with Crippen LogP contribution < -0.4 is 19.5 Å². The summed E-state index contributed by atoms with van der Waals surface area (Å²) in [6, 6.07) is 3.40. The zero-order valence-electron chi connectivity index (χ0n) is 12.8. The third-order valence-electron chi connectivity index (χ3n) is 2.84. The van der Waals surface area contributed by atoms with Gasteiger partial charge in [0.1, 0.15) is 0 Å². The smallest absolute Gasteiger partial charge is 0.244 e. The monoisotopic (exact) mass is 311 g/mol. The number of ether oxygens (including phenoxy) is 3. The predicted octanol–water partition coefficient (Wildman–Crippen LogP) is 0.195. The van der Waals surface area contributed by atoms with Crippen molar-refractivity contribution in [3.63, 3.8) is 0 Å². The van der Waals surface area contributed by atoms with Gasteiger partial charge in [-0.1, -0.05) is 0 Å². The van der Waals surface area contributed by atoms with Gasteiger partial charge < -0.3 is 29.7 Å². The molecule has 0 saturated heterocycles. The molecule has 1 atom stereocenters. The van der Waals surface area contributed by atoms with Gasteiger partial charge in [0, 0.05) is 12.6 Å². The van der Waals surface area contributed by atoms with Gasteiger partial charge >= 0.3 is 0 Å². The van der Waals surface area contributed by atoms with Crippen LogP contribution in [0, 0.1) is 0 Å². The molecule has 0 aliphatic carbocycles. The zero-order chi connectivity index (χ0) is 16.5. The lowest BCUT2D eigenvalue weighted by Crippen LogP contribution is -2.32. The van der Waals surface area contributed by atoms with Crippen molar-refractivity contribution in [1.29, 1.82) is 0 Å². The largest absolute Gasteiger partial charge is 0.493 e. The molecular formula is C15H21NO6. The van der Waals surface area contributed by atoms with Crippen LogP contribution in [0.5, 0.6) is 17.2 Å². The number of carbonyl (C=O) groups is 1. The number of hydrogen-bond donors (Lipinski definition) is 3. The Morgan fingerprint density at radius 3 is 2.27 bits per heavy atom.